The minimum absolute atomic E-state index is 0.277. The first-order valence-corrected chi connectivity index (χ1v) is 6.92. The van der Waals surface area contributed by atoms with Crippen molar-refractivity contribution in [1.82, 2.24) is 9.78 Å². The summed E-state index contributed by atoms with van der Waals surface area (Å²) in [5.74, 6) is 5.77. The quantitative estimate of drug-likeness (QED) is 0.607. The molecule has 0 aliphatic rings. The van der Waals surface area contributed by atoms with Gasteiger partial charge < -0.3 is 0 Å². The molecule has 0 radical (unpaired) electrons. The van der Waals surface area contributed by atoms with Crippen molar-refractivity contribution in [3.63, 3.8) is 0 Å². The minimum atomic E-state index is -0.277. The highest BCUT2D eigenvalue weighted by Crippen LogP contribution is 2.13. The summed E-state index contributed by atoms with van der Waals surface area (Å²) < 4.78 is 15.1. The minimum Gasteiger partial charge on any atom is -0.240 e. The molecule has 22 heavy (non-hydrogen) atoms. The van der Waals surface area contributed by atoms with Crippen LogP contribution in [0, 0.1) is 24.6 Å². The van der Waals surface area contributed by atoms with Crippen LogP contribution in [0.5, 0.6) is 0 Å². The molecule has 2 rings (SSSR count). The number of aromatic nitrogens is 2. The van der Waals surface area contributed by atoms with Gasteiger partial charge in [0.2, 0.25) is 0 Å². The number of rotatable bonds is 3. The van der Waals surface area contributed by atoms with E-state index in [0.717, 1.165) is 16.7 Å². The maximum absolute atomic E-state index is 13.4. The average Bonchev–Trinajstić information content (AvgIpc) is 2.95. The second-order valence-electron chi connectivity index (χ2n) is 4.76. The third-order valence-electron chi connectivity index (χ3n) is 2.91. The summed E-state index contributed by atoms with van der Waals surface area (Å²) in [4.78, 5) is 0. The Labute approximate surface area is 130 Å². The number of hydrogen-bond acceptors (Lipinski definition) is 1. The first-order valence-electron chi connectivity index (χ1n) is 6.92. The normalized spacial score (nSPS) is 11.3. The molecule has 0 aliphatic carbocycles. The average molecular weight is 292 g/mol. The lowest BCUT2D eigenvalue weighted by molar-refractivity contribution is 0.624. The van der Waals surface area contributed by atoms with Crippen molar-refractivity contribution < 1.29 is 4.39 Å². The molecule has 0 saturated carbocycles. The summed E-state index contributed by atoms with van der Waals surface area (Å²) in [6.45, 7) is 7.52. The van der Waals surface area contributed by atoms with Gasteiger partial charge in [-0.25, -0.2) is 9.07 Å². The Morgan fingerprint density at radius 2 is 2.18 bits per heavy atom. The van der Waals surface area contributed by atoms with Gasteiger partial charge in [-0.3, -0.25) is 0 Å². The van der Waals surface area contributed by atoms with Crippen LogP contribution in [0.15, 0.2) is 67.0 Å². The first-order chi connectivity index (χ1) is 10.6. The van der Waals surface area contributed by atoms with E-state index in [1.165, 1.54) is 12.1 Å². The van der Waals surface area contributed by atoms with Crippen LogP contribution in [-0.2, 0) is 0 Å². The summed E-state index contributed by atoms with van der Waals surface area (Å²) in [5, 5.41) is 4.22. The van der Waals surface area contributed by atoms with Crippen molar-refractivity contribution in [3.05, 3.63) is 84.0 Å². The largest absolute Gasteiger partial charge is 0.240 e. The zero-order valence-corrected chi connectivity index (χ0v) is 12.7. The lowest BCUT2D eigenvalue weighted by atomic mass is 10.2. The van der Waals surface area contributed by atoms with Crippen LogP contribution in [0.25, 0.3) is 5.69 Å². The summed E-state index contributed by atoms with van der Waals surface area (Å²) in [6, 6.07) is 4.79. The molecule has 110 valence electrons. The molecule has 1 aromatic heterocycles. The Hall–Kier alpha value is -2.86. The molecule has 0 fully saturated rings. The Bertz CT molecular complexity index is 778. The van der Waals surface area contributed by atoms with Gasteiger partial charge in [-0.15, -0.1) is 0 Å². The fourth-order valence-corrected chi connectivity index (χ4v) is 1.88. The molecule has 1 aromatic carbocycles. The van der Waals surface area contributed by atoms with Crippen LogP contribution < -0.4 is 0 Å². The molecule has 0 atom stereocenters. The lowest BCUT2D eigenvalue weighted by Crippen LogP contribution is -1.95. The van der Waals surface area contributed by atoms with Crippen molar-refractivity contribution in [1.29, 1.82) is 0 Å². The Balaban J connectivity index is 2.27. The monoisotopic (exact) mass is 292 g/mol. The molecule has 0 amide bonds. The van der Waals surface area contributed by atoms with Crippen LogP contribution in [0.4, 0.5) is 4.39 Å². The molecule has 0 saturated heterocycles. The van der Waals surface area contributed by atoms with Gasteiger partial charge in [0, 0.05) is 11.8 Å². The van der Waals surface area contributed by atoms with Gasteiger partial charge >= 0.3 is 0 Å². The van der Waals surface area contributed by atoms with Gasteiger partial charge in [-0.2, -0.15) is 5.10 Å². The highest BCUT2D eigenvalue weighted by molar-refractivity contribution is 5.45. The van der Waals surface area contributed by atoms with E-state index in [2.05, 4.69) is 23.5 Å². The molecule has 3 heteroatoms. The van der Waals surface area contributed by atoms with Crippen molar-refractivity contribution in [2.75, 3.05) is 0 Å². The van der Waals surface area contributed by atoms with E-state index in [0.29, 0.717) is 5.69 Å². The molecular formula is C19H17FN2. The molecule has 1 heterocycles. The zero-order chi connectivity index (χ0) is 15.9. The van der Waals surface area contributed by atoms with Crippen molar-refractivity contribution in [2.45, 2.75) is 13.8 Å². The highest BCUT2D eigenvalue weighted by Gasteiger charge is 2.02. The molecule has 0 unspecified atom stereocenters. The maximum Gasteiger partial charge on any atom is 0.125 e. The third kappa shape index (κ3) is 4.07. The fourth-order valence-electron chi connectivity index (χ4n) is 1.88. The number of benzene rings is 1. The summed E-state index contributed by atoms with van der Waals surface area (Å²) >= 11 is 0. The van der Waals surface area contributed by atoms with E-state index in [1.807, 2.05) is 38.1 Å². The van der Waals surface area contributed by atoms with Gasteiger partial charge in [0.25, 0.3) is 0 Å². The number of aryl methyl sites for hydroxylation is 1. The predicted octanol–water partition coefficient (Wildman–Crippen LogP) is 4.36. The van der Waals surface area contributed by atoms with Gasteiger partial charge in [0.15, 0.2) is 0 Å². The number of halogens is 1. The van der Waals surface area contributed by atoms with Gasteiger partial charge in [0.05, 0.1) is 17.4 Å². The molecule has 0 bridgehead atoms. The van der Waals surface area contributed by atoms with E-state index in [1.54, 1.807) is 23.2 Å². The van der Waals surface area contributed by atoms with Crippen LogP contribution in [0.3, 0.4) is 0 Å². The van der Waals surface area contributed by atoms with Crippen molar-refractivity contribution in [2.24, 2.45) is 0 Å². The second-order valence-corrected chi connectivity index (χ2v) is 4.76. The zero-order valence-electron chi connectivity index (χ0n) is 12.7. The second kappa shape index (κ2) is 7.24. The van der Waals surface area contributed by atoms with E-state index >= 15 is 0 Å². The van der Waals surface area contributed by atoms with E-state index in [9.17, 15) is 4.39 Å². The Morgan fingerprint density at radius 3 is 2.86 bits per heavy atom. The van der Waals surface area contributed by atoms with E-state index in [4.69, 9.17) is 0 Å². The molecule has 0 aliphatic heterocycles. The fraction of sp³-hybridized carbons (Fsp3) is 0.105. The summed E-state index contributed by atoms with van der Waals surface area (Å²) in [6.07, 6.45) is 10.9. The first kappa shape index (κ1) is 15.5. The summed E-state index contributed by atoms with van der Waals surface area (Å²) in [7, 11) is 0. The Morgan fingerprint density at radius 1 is 1.36 bits per heavy atom. The maximum atomic E-state index is 13.4. The molecule has 0 spiro atoms. The predicted molar refractivity (Wildman–Crippen MR) is 88.2 cm³/mol. The number of nitrogens with zero attached hydrogens (tertiary/aromatic N) is 2. The SMILES string of the molecule is C=C/C(C#Cc1cnn(-c2cc(C)cc(F)c2)c1)=C\C=C/C. The molecular weight excluding hydrogens is 275 g/mol. The van der Waals surface area contributed by atoms with Crippen molar-refractivity contribution >= 4 is 0 Å². The van der Waals surface area contributed by atoms with Crippen LogP contribution >= 0.6 is 0 Å². The third-order valence-corrected chi connectivity index (χ3v) is 2.91. The number of hydrogen-bond donors (Lipinski definition) is 0. The Kier molecular flexibility index (Phi) is 5.11. The van der Waals surface area contributed by atoms with Crippen molar-refractivity contribution in [3.8, 4) is 17.5 Å². The topological polar surface area (TPSA) is 17.8 Å². The van der Waals surface area contributed by atoms with Gasteiger partial charge in [0.1, 0.15) is 5.82 Å². The van der Waals surface area contributed by atoms with Crippen LogP contribution in [0.2, 0.25) is 0 Å². The van der Waals surface area contributed by atoms with E-state index < -0.39 is 0 Å². The van der Waals surface area contributed by atoms with Gasteiger partial charge in [-0.1, -0.05) is 36.6 Å². The standard InChI is InChI=1S/C19H17FN2/c1-4-6-7-16(5-2)8-9-17-13-21-22(14-17)19-11-15(3)10-18(20)12-19/h4-7,10-14H,2H2,1,3H3/b6-4-,16-7+. The molecule has 0 N–H and O–H groups in total. The lowest BCUT2D eigenvalue weighted by Gasteiger charge is -2.02. The molecule has 2 aromatic rings. The van der Waals surface area contributed by atoms with E-state index in [-0.39, 0.29) is 5.82 Å². The number of allylic oxidation sites excluding steroid dienone is 5. The smallest absolute Gasteiger partial charge is 0.125 e. The van der Waals surface area contributed by atoms with Crippen LogP contribution in [-0.4, -0.2) is 9.78 Å². The summed E-state index contributed by atoms with van der Waals surface area (Å²) in [5.41, 5.74) is 3.11. The molecule has 2 nitrogen and oxygen atoms in total. The highest BCUT2D eigenvalue weighted by atomic mass is 19.1. The van der Waals surface area contributed by atoms with Crippen LogP contribution in [0.1, 0.15) is 18.1 Å². The van der Waals surface area contributed by atoms with Gasteiger partial charge in [-0.05, 0) is 43.7 Å².